The fourth-order valence-electron chi connectivity index (χ4n) is 1.11. The van der Waals surface area contributed by atoms with Crippen molar-refractivity contribution in [3.05, 3.63) is 29.3 Å². The van der Waals surface area contributed by atoms with Gasteiger partial charge < -0.3 is 9.94 Å². The van der Waals surface area contributed by atoms with E-state index in [4.69, 9.17) is 5.90 Å². The van der Waals surface area contributed by atoms with E-state index in [9.17, 15) is 13.9 Å². The van der Waals surface area contributed by atoms with Gasteiger partial charge in [0.15, 0.2) is 0 Å². The van der Waals surface area contributed by atoms with Crippen LogP contribution in [0.4, 0.5) is 8.78 Å². The molecule has 0 aliphatic heterocycles. The van der Waals surface area contributed by atoms with E-state index in [0.717, 1.165) is 0 Å². The minimum absolute atomic E-state index is 0.0218. The number of rotatable bonds is 4. The van der Waals surface area contributed by atoms with Gasteiger partial charge in [-0.05, 0) is 23.8 Å². The van der Waals surface area contributed by atoms with E-state index in [-0.39, 0.29) is 17.9 Å². The van der Waals surface area contributed by atoms with Crippen molar-refractivity contribution in [3.63, 3.8) is 0 Å². The molecule has 0 aliphatic carbocycles. The summed E-state index contributed by atoms with van der Waals surface area (Å²) in [4.78, 5) is 4.30. The third kappa shape index (κ3) is 2.65. The van der Waals surface area contributed by atoms with Crippen LogP contribution in [0, 0.1) is 0 Å². The summed E-state index contributed by atoms with van der Waals surface area (Å²) in [5.41, 5.74) is 0.295. The Balaban J connectivity index is 2.85. The molecule has 3 N–H and O–H groups in total. The van der Waals surface area contributed by atoms with Crippen molar-refractivity contribution in [1.82, 2.24) is 0 Å². The molecule has 0 saturated heterocycles. The van der Waals surface area contributed by atoms with Crippen LogP contribution in [-0.2, 0) is 11.3 Å². The number of hydrogen-bond donors (Lipinski definition) is 2. The molecular formula is C9H11F2NO2. The molecule has 1 rings (SSSR count). The van der Waals surface area contributed by atoms with Gasteiger partial charge in [0.2, 0.25) is 0 Å². The fraction of sp³-hybridized carbons (Fsp3) is 0.333. The van der Waals surface area contributed by atoms with Crippen LogP contribution < -0.4 is 5.90 Å². The van der Waals surface area contributed by atoms with E-state index in [1.807, 2.05) is 0 Å². The standard InChI is InChI=1S/C9H11F2NO2/c10-9(11)7-1-2-8(13)6(5-7)3-4-14-12/h1-2,5,9,13H,3-4,12H2. The summed E-state index contributed by atoms with van der Waals surface area (Å²) < 4.78 is 24.5. The summed E-state index contributed by atoms with van der Waals surface area (Å²) in [5.74, 6) is 4.77. The van der Waals surface area contributed by atoms with Crippen LogP contribution in [0.5, 0.6) is 5.75 Å². The van der Waals surface area contributed by atoms with Crippen LogP contribution in [0.15, 0.2) is 18.2 Å². The van der Waals surface area contributed by atoms with Crippen LogP contribution in [-0.4, -0.2) is 11.7 Å². The van der Waals surface area contributed by atoms with E-state index in [0.29, 0.717) is 12.0 Å². The van der Waals surface area contributed by atoms with Crippen molar-refractivity contribution in [2.24, 2.45) is 5.90 Å². The SMILES string of the molecule is NOCCc1cc(C(F)F)ccc1O. The zero-order chi connectivity index (χ0) is 10.6. The Morgan fingerprint density at radius 2 is 2.14 bits per heavy atom. The second-order valence-corrected chi connectivity index (χ2v) is 2.81. The maximum absolute atomic E-state index is 12.3. The molecule has 78 valence electrons. The lowest BCUT2D eigenvalue weighted by molar-refractivity contribution is 0.140. The zero-order valence-electron chi connectivity index (χ0n) is 7.41. The van der Waals surface area contributed by atoms with Gasteiger partial charge in [0.05, 0.1) is 6.61 Å². The van der Waals surface area contributed by atoms with Crippen molar-refractivity contribution in [2.75, 3.05) is 6.61 Å². The van der Waals surface area contributed by atoms with Crippen molar-refractivity contribution in [3.8, 4) is 5.75 Å². The lowest BCUT2D eigenvalue weighted by Gasteiger charge is -2.06. The molecular weight excluding hydrogens is 192 g/mol. The van der Waals surface area contributed by atoms with E-state index in [2.05, 4.69) is 4.84 Å². The molecule has 0 fully saturated rings. The number of aromatic hydroxyl groups is 1. The quantitative estimate of drug-likeness (QED) is 0.733. The molecule has 5 heteroatoms. The first-order valence-corrected chi connectivity index (χ1v) is 4.06. The zero-order valence-corrected chi connectivity index (χ0v) is 7.41. The molecule has 14 heavy (non-hydrogen) atoms. The van der Waals surface area contributed by atoms with Gasteiger partial charge in [-0.2, -0.15) is 0 Å². The Morgan fingerprint density at radius 1 is 1.43 bits per heavy atom. The summed E-state index contributed by atoms with van der Waals surface area (Å²) >= 11 is 0. The third-order valence-corrected chi connectivity index (χ3v) is 1.84. The van der Waals surface area contributed by atoms with E-state index < -0.39 is 6.43 Å². The van der Waals surface area contributed by atoms with Gasteiger partial charge in [-0.15, -0.1) is 0 Å². The maximum Gasteiger partial charge on any atom is 0.263 e. The van der Waals surface area contributed by atoms with Crippen molar-refractivity contribution in [2.45, 2.75) is 12.8 Å². The summed E-state index contributed by atoms with van der Waals surface area (Å²) in [6, 6.07) is 3.68. The van der Waals surface area contributed by atoms with Gasteiger partial charge in [-0.1, -0.05) is 0 Å². The molecule has 0 bridgehead atoms. The maximum atomic E-state index is 12.3. The highest BCUT2D eigenvalue weighted by atomic mass is 19.3. The van der Waals surface area contributed by atoms with Crippen LogP contribution in [0.1, 0.15) is 17.6 Å². The van der Waals surface area contributed by atoms with E-state index in [1.54, 1.807) is 0 Å². The third-order valence-electron chi connectivity index (χ3n) is 1.84. The Morgan fingerprint density at radius 3 is 2.71 bits per heavy atom. The molecule has 0 atom stereocenters. The number of alkyl halides is 2. The average molecular weight is 203 g/mol. The lowest BCUT2D eigenvalue weighted by atomic mass is 10.1. The van der Waals surface area contributed by atoms with Crippen LogP contribution in [0.25, 0.3) is 0 Å². The molecule has 0 unspecified atom stereocenters. The molecule has 0 saturated carbocycles. The minimum atomic E-state index is -2.53. The molecule has 0 heterocycles. The second-order valence-electron chi connectivity index (χ2n) is 2.81. The Kier molecular flexibility index (Phi) is 3.79. The number of halogens is 2. The van der Waals surface area contributed by atoms with Gasteiger partial charge in [0.25, 0.3) is 6.43 Å². The summed E-state index contributed by atoms with van der Waals surface area (Å²) in [5, 5.41) is 9.30. The molecule has 0 amide bonds. The topological polar surface area (TPSA) is 55.5 Å². The minimum Gasteiger partial charge on any atom is -0.508 e. The molecule has 1 aromatic rings. The fourth-order valence-corrected chi connectivity index (χ4v) is 1.11. The normalized spacial score (nSPS) is 10.9. The van der Waals surface area contributed by atoms with Crippen LogP contribution in [0.3, 0.4) is 0 Å². The first-order chi connectivity index (χ1) is 6.65. The summed E-state index contributed by atoms with van der Waals surface area (Å²) in [7, 11) is 0. The molecule has 0 spiro atoms. The van der Waals surface area contributed by atoms with Crippen LogP contribution in [0.2, 0.25) is 0 Å². The Hall–Kier alpha value is -1.20. The predicted molar refractivity (Wildman–Crippen MR) is 46.9 cm³/mol. The van der Waals surface area contributed by atoms with Crippen molar-refractivity contribution in [1.29, 1.82) is 0 Å². The number of benzene rings is 1. The number of phenolic OH excluding ortho intramolecular Hbond substituents is 1. The Bertz CT molecular complexity index is 305. The van der Waals surface area contributed by atoms with Gasteiger partial charge in [-0.3, -0.25) is 0 Å². The van der Waals surface area contributed by atoms with Gasteiger partial charge in [0.1, 0.15) is 5.75 Å². The molecule has 0 radical (unpaired) electrons. The highest BCUT2D eigenvalue weighted by Gasteiger charge is 2.09. The first kappa shape index (κ1) is 10.9. The number of phenols is 1. The molecule has 0 aliphatic rings. The van der Waals surface area contributed by atoms with E-state index in [1.165, 1.54) is 18.2 Å². The highest BCUT2D eigenvalue weighted by molar-refractivity contribution is 5.36. The average Bonchev–Trinajstić information content (AvgIpc) is 2.16. The molecule has 0 aromatic heterocycles. The number of nitrogens with two attached hydrogens (primary N) is 1. The first-order valence-electron chi connectivity index (χ1n) is 4.06. The van der Waals surface area contributed by atoms with Gasteiger partial charge in [-0.25, -0.2) is 14.7 Å². The predicted octanol–water partition coefficient (Wildman–Crippen LogP) is 1.76. The Labute approximate surface area is 80.1 Å². The van der Waals surface area contributed by atoms with E-state index >= 15 is 0 Å². The van der Waals surface area contributed by atoms with Gasteiger partial charge in [0, 0.05) is 12.0 Å². The second kappa shape index (κ2) is 4.88. The van der Waals surface area contributed by atoms with Gasteiger partial charge >= 0.3 is 0 Å². The lowest BCUT2D eigenvalue weighted by Crippen LogP contribution is -2.04. The van der Waals surface area contributed by atoms with Crippen molar-refractivity contribution >= 4 is 0 Å². The largest absolute Gasteiger partial charge is 0.508 e. The molecule has 1 aromatic carbocycles. The number of hydrogen-bond acceptors (Lipinski definition) is 3. The summed E-state index contributed by atoms with van der Waals surface area (Å²) in [6.45, 7) is 0.181. The molecule has 3 nitrogen and oxygen atoms in total. The summed E-state index contributed by atoms with van der Waals surface area (Å²) in [6.07, 6.45) is -2.23. The van der Waals surface area contributed by atoms with Crippen molar-refractivity contribution < 1.29 is 18.7 Å². The smallest absolute Gasteiger partial charge is 0.263 e. The monoisotopic (exact) mass is 203 g/mol. The highest BCUT2D eigenvalue weighted by Crippen LogP contribution is 2.25. The van der Waals surface area contributed by atoms with Crippen LogP contribution >= 0.6 is 0 Å².